The van der Waals surface area contributed by atoms with Crippen molar-refractivity contribution in [3.63, 3.8) is 0 Å². The van der Waals surface area contributed by atoms with Gasteiger partial charge in [-0.1, -0.05) is 95.5 Å². The summed E-state index contributed by atoms with van der Waals surface area (Å²) < 4.78 is 10.5. The molecule has 11 nitrogen and oxygen atoms in total. The minimum absolute atomic E-state index is 0.0929. The van der Waals surface area contributed by atoms with Crippen LogP contribution in [0.2, 0.25) is 0 Å². The smallest absolute Gasteiger partial charge is 0.408 e. The molecule has 6 aliphatic carbocycles. The number of esters is 1. The minimum atomic E-state index is -0.910. The molecule has 4 atom stereocenters. The van der Waals surface area contributed by atoms with Crippen LogP contribution >= 0.6 is 34.8 Å². The summed E-state index contributed by atoms with van der Waals surface area (Å²) in [6.45, 7) is 7.19. The Bertz CT molecular complexity index is 1690. The van der Waals surface area contributed by atoms with Gasteiger partial charge in [-0.25, -0.2) is 9.59 Å². The first-order chi connectivity index (χ1) is 27.0. The number of carbonyl (C=O) groups excluding carboxylic acids is 5. The molecule has 0 aromatic heterocycles. The summed E-state index contributed by atoms with van der Waals surface area (Å²) in [6, 6.07) is 17.2. The molecule has 0 radical (unpaired) electrons. The zero-order chi connectivity index (χ0) is 41.4. The van der Waals surface area contributed by atoms with Crippen molar-refractivity contribution in [1.82, 2.24) is 21.3 Å². The Kier molecular flexibility index (Phi) is 15.2. The molecule has 0 heterocycles. The van der Waals surface area contributed by atoms with Gasteiger partial charge in [-0.3, -0.25) is 14.4 Å². The van der Waals surface area contributed by atoms with Crippen LogP contribution in [0.4, 0.5) is 4.79 Å². The lowest BCUT2D eigenvalue weighted by atomic mass is 9.59. The molecule has 6 aliphatic rings. The van der Waals surface area contributed by atoms with E-state index in [0.29, 0.717) is 50.4 Å². The first-order valence-corrected chi connectivity index (χ1v) is 21.4. The van der Waals surface area contributed by atoms with Crippen LogP contribution in [0, 0.1) is 23.7 Å². The largest absolute Gasteiger partial charge is 0.459 e. The van der Waals surface area contributed by atoms with Crippen LogP contribution in [0.15, 0.2) is 60.7 Å². The van der Waals surface area contributed by atoms with Gasteiger partial charge >= 0.3 is 12.1 Å². The molecule has 2 aromatic carbocycles. The lowest BCUT2D eigenvalue weighted by Crippen LogP contribution is -2.67. The first-order valence-electron chi connectivity index (χ1n) is 20.1. The molecule has 312 valence electrons. The van der Waals surface area contributed by atoms with Gasteiger partial charge in [-0.05, 0) is 115 Å². The third-order valence-electron chi connectivity index (χ3n) is 12.1. The molecule has 57 heavy (non-hydrogen) atoms. The predicted molar refractivity (Wildman–Crippen MR) is 220 cm³/mol. The summed E-state index contributed by atoms with van der Waals surface area (Å²) in [7, 11) is 0. The zero-order valence-corrected chi connectivity index (χ0v) is 35.6. The quantitative estimate of drug-likeness (QED) is 0.128. The molecule has 0 aliphatic heterocycles. The molecule has 6 fully saturated rings. The lowest BCUT2D eigenvalue weighted by Gasteiger charge is -2.52. The summed E-state index contributed by atoms with van der Waals surface area (Å²) >= 11 is 14.4. The average molecular weight is 848 g/mol. The Balaban J connectivity index is 0.00000148. The Hall–Kier alpha value is -3.54. The maximum Gasteiger partial charge on any atom is 0.408 e. The van der Waals surface area contributed by atoms with Gasteiger partial charge in [-0.15, -0.1) is 0 Å². The number of benzene rings is 2. The normalized spacial score (nSPS) is 27.2. The number of amides is 4. The number of hydrogen-bond donors (Lipinski definition) is 4. The van der Waals surface area contributed by atoms with E-state index in [-0.39, 0.29) is 30.7 Å². The van der Waals surface area contributed by atoms with Gasteiger partial charge in [0.05, 0.1) is 22.9 Å². The van der Waals surface area contributed by atoms with E-state index in [1.54, 1.807) is 6.92 Å². The van der Waals surface area contributed by atoms with Crippen LogP contribution in [0.5, 0.6) is 0 Å². The Morgan fingerprint density at radius 2 is 1.18 bits per heavy atom. The van der Waals surface area contributed by atoms with E-state index in [0.717, 1.165) is 36.8 Å². The molecular weight excluding hydrogens is 791 g/mol. The topological polar surface area (TPSA) is 152 Å². The number of fused-ring (bicyclic) bond motifs is 6. The number of ether oxygens (including phenoxy) is 2. The third-order valence-corrected chi connectivity index (χ3v) is 12.1. The summed E-state index contributed by atoms with van der Waals surface area (Å²) in [5.41, 5.74) is -0.453. The van der Waals surface area contributed by atoms with Gasteiger partial charge in [0.1, 0.15) is 24.3 Å². The van der Waals surface area contributed by atoms with Crippen LogP contribution < -0.4 is 21.3 Å². The van der Waals surface area contributed by atoms with Crippen LogP contribution in [0.3, 0.4) is 0 Å². The van der Waals surface area contributed by atoms with Crippen LogP contribution in [-0.2, 0) is 41.7 Å². The highest BCUT2D eigenvalue weighted by Crippen LogP contribution is 2.49. The number of halogens is 3. The standard InChI is InChI=1S/C42H56N4O7.CHCl3/c1-27(43-36(48)32-23-30-17-21-42(32,22-18-30)46-39(51)53-40(2,3)4)35(47)45-41-19-15-29(16-20-41)24-33(41)37(49)44-34(25-28-11-7-5-8-12-28)38(50)52-26-31-13-9-6-10-14-31;2-1(3)4/h5-14,27,29-30,32-34H,15-26H2,1-4H3,(H,43,48)(H,44,49)(H,45,47)(H,46,51);1H/t27-,29?,30?,32+,33+,34-,41?,42?;/m0./s1. The second-order valence-corrected chi connectivity index (χ2v) is 19.2. The zero-order valence-electron chi connectivity index (χ0n) is 33.3. The Labute approximate surface area is 351 Å². The summed E-state index contributed by atoms with van der Waals surface area (Å²) in [6.07, 6.45) is 7.25. The second kappa shape index (κ2) is 19.5. The molecule has 0 saturated heterocycles. The number of rotatable bonds is 12. The average Bonchev–Trinajstić information content (AvgIpc) is 3.17. The van der Waals surface area contributed by atoms with Gasteiger partial charge < -0.3 is 30.7 Å². The van der Waals surface area contributed by atoms with Gasteiger partial charge in [0, 0.05) is 6.42 Å². The highest BCUT2D eigenvalue weighted by Gasteiger charge is 2.54. The van der Waals surface area contributed by atoms with Crippen LogP contribution in [-0.4, -0.2) is 62.8 Å². The Morgan fingerprint density at radius 3 is 1.67 bits per heavy atom. The fourth-order valence-electron chi connectivity index (χ4n) is 9.20. The van der Waals surface area contributed by atoms with Crippen molar-refractivity contribution in [2.75, 3.05) is 0 Å². The van der Waals surface area contributed by atoms with E-state index < -0.39 is 57.0 Å². The molecule has 0 unspecified atom stereocenters. The van der Waals surface area contributed by atoms with Crippen LogP contribution in [0.1, 0.15) is 103 Å². The third kappa shape index (κ3) is 12.2. The van der Waals surface area contributed by atoms with Gasteiger partial charge in [0.25, 0.3) is 0 Å². The van der Waals surface area contributed by atoms with Crippen molar-refractivity contribution < 1.29 is 33.4 Å². The number of carbonyl (C=O) groups is 5. The van der Waals surface area contributed by atoms with Crippen molar-refractivity contribution in [3.05, 3.63) is 71.8 Å². The van der Waals surface area contributed by atoms with Gasteiger partial charge in [0.15, 0.2) is 4.30 Å². The summed E-state index contributed by atoms with van der Waals surface area (Å²) in [5.74, 6) is -1.68. The highest BCUT2D eigenvalue weighted by molar-refractivity contribution is 6.63. The summed E-state index contributed by atoms with van der Waals surface area (Å²) in [4.78, 5) is 68.4. The van der Waals surface area contributed by atoms with Crippen molar-refractivity contribution in [1.29, 1.82) is 0 Å². The molecule has 6 saturated carbocycles. The molecule has 4 amide bonds. The number of hydrogen-bond acceptors (Lipinski definition) is 7. The van der Waals surface area contributed by atoms with E-state index in [9.17, 15) is 24.0 Å². The monoisotopic (exact) mass is 846 g/mol. The molecule has 14 heteroatoms. The molecular formula is C43H57Cl3N4O7. The van der Waals surface area contributed by atoms with E-state index in [4.69, 9.17) is 44.3 Å². The van der Waals surface area contributed by atoms with Crippen molar-refractivity contribution in [2.45, 2.75) is 138 Å². The lowest BCUT2D eigenvalue weighted by molar-refractivity contribution is -0.151. The molecule has 8 rings (SSSR count). The predicted octanol–water partition coefficient (Wildman–Crippen LogP) is 7.49. The Morgan fingerprint density at radius 1 is 0.719 bits per heavy atom. The summed E-state index contributed by atoms with van der Waals surface area (Å²) in [5, 5.41) is 12.3. The molecule has 4 bridgehead atoms. The van der Waals surface area contributed by atoms with Crippen molar-refractivity contribution in [2.24, 2.45) is 23.7 Å². The van der Waals surface area contributed by atoms with Crippen molar-refractivity contribution in [3.8, 4) is 0 Å². The second-order valence-electron chi connectivity index (χ2n) is 17.2. The van der Waals surface area contributed by atoms with E-state index in [1.165, 1.54) is 0 Å². The molecule has 2 aromatic rings. The molecule has 0 spiro atoms. The maximum atomic E-state index is 14.2. The SMILES string of the molecule is C[C@H](NC(=O)[C@H]1CC2CCC1(NC(=O)OC(C)(C)C)CC2)C(=O)NC12CCC(CC1)C[C@@H]2C(=O)N[C@@H](Cc1ccccc1)C(=O)OCc1ccccc1.ClC(Cl)Cl. The van der Waals surface area contributed by atoms with E-state index in [2.05, 4.69) is 21.3 Å². The fourth-order valence-corrected chi connectivity index (χ4v) is 9.20. The van der Waals surface area contributed by atoms with Crippen LogP contribution in [0.25, 0.3) is 0 Å². The van der Waals surface area contributed by atoms with E-state index >= 15 is 0 Å². The highest BCUT2D eigenvalue weighted by atomic mass is 35.6. The van der Waals surface area contributed by atoms with Gasteiger partial charge in [-0.2, -0.15) is 0 Å². The molecule has 4 N–H and O–H groups in total. The maximum absolute atomic E-state index is 14.2. The number of nitrogens with one attached hydrogen (secondary N) is 4. The van der Waals surface area contributed by atoms with Crippen molar-refractivity contribution >= 4 is 64.6 Å². The number of alkyl carbamates (subject to hydrolysis) is 1. The minimum Gasteiger partial charge on any atom is -0.459 e. The van der Waals surface area contributed by atoms with Gasteiger partial charge in [0.2, 0.25) is 17.7 Å². The fraction of sp³-hybridized carbons (Fsp3) is 0.605. The van der Waals surface area contributed by atoms with E-state index in [1.807, 2.05) is 81.4 Å². The number of alkyl halides is 3. The first kappa shape index (κ1) is 44.6.